The number of hydrogen-bond acceptors (Lipinski definition) is 2. The van der Waals surface area contributed by atoms with Crippen molar-refractivity contribution in [3.8, 4) is 0 Å². The topological polar surface area (TPSA) is 52.6 Å². The first-order chi connectivity index (χ1) is 5.22. The van der Waals surface area contributed by atoms with Gasteiger partial charge in [0.1, 0.15) is 0 Å². The third-order valence-electron chi connectivity index (χ3n) is 2.50. The molecule has 4 heteroatoms. The van der Waals surface area contributed by atoms with Gasteiger partial charge in [-0.25, -0.2) is 4.79 Å². The van der Waals surface area contributed by atoms with Gasteiger partial charge in [-0.15, -0.1) is 0 Å². The third-order valence-corrected chi connectivity index (χ3v) is 2.50. The smallest absolute Gasteiger partial charge is 0.407 e. The molecule has 2 rings (SSSR count). The van der Waals surface area contributed by atoms with Gasteiger partial charge in [-0.1, -0.05) is 0 Å². The lowest BCUT2D eigenvalue weighted by Gasteiger charge is -2.31. The van der Waals surface area contributed by atoms with Crippen molar-refractivity contribution in [2.24, 2.45) is 0 Å². The average molecular weight is 156 g/mol. The Kier molecular flexibility index (Phi) is 1.32. The second-order valence-electron chi connectivity index (χ2n) is 3.41. The first-order valence-electron chi connectivity index (χ1n) is 3.95. The minimum atomic E-state index is -0.780. The Bertz CT molecular complexity index is 189. The van der Waals surface area contributed by atoms with Crippen molar-refractivity contribution in [1.82, 2.24) is 10.2 Å². The number of carbonyl (C=O) groups is 1. The molecular formula is C7H12N2O2. The monoisotopic (exact) mass is 156 g/mol. The number of carboxylic acid groups (broad SMARTS) is 1. The van der Waals surface area contributed by atoms with Gasteiger partial charge in [0.15, 0.2) is 0 Å². The van der Waals surface area contributed by atoms with Crippen LogP contribution in [-0.4, -0.2) is 41.3 Å². The highest BCUT2D eigenvalue weighted by Gasteiger charge is 2.46. The first kappa shape index (κ1) is 6.91. The summed E-state index contributed by atoms with van der Waals surface area (Å²) < 4.78 is 0. The molecule has 0 atom stereocenters. The molecule has 1 heterocycles. The van der Waals surface area contributed by atoms with Crippen LogP contribution in [0.2, 0.25) is 0 Å². The highest BCUT2D eigenvalue weighted by Crippen LogP contribution is 2.37. The zero-order valence-corrected chi connectivity index (χ0v) is 6.34. The summed E-state index contributed by atoms with van der Waals surface area (Å²) in [6, 6.07) is 0. The largest absolute Gasteiger partial charge is 0.465 e. The number of piperazine rings is 1. The van der Waals surface area contributed by atoms with Gasteiger partial charge in [0, 0.05) is 25.2 Å². The number of nitrogens with zero attached hydrogens (tertiary/aromatic N) is 1. The van der Waals surface area contributed by atoms with Crippen LogP contribution in [0.3, 0.4) is 0 Å². The summed E-state index contributed by atoms with van der Waals surface area (Å²) in [7, 11) is 0. The Morgan fingerprint density at radius 3 is 2.82 bits per heavy atom. The van der Waals surface area contributed by atoms with Crippen molar-refractivity contribution >= 4 is 6.09 Å². The van der Waals surface area contributed by atoms with E-state index in [4.69, 9.17) is 5.11 Å². The van der Waals surface area contributed by atoms with E-state index in [1.54, 1.807) is 0 Å². The molecule has 0 aromatic heterocycles. The predicted octanol–water partition coefficient (Wildman–Crippen LogP) is 0.102. The van der Waals surface area contributed by atoms with E-state index in [0.29, 0.717) is 13.1 Å². The molecule has 0 aromatic rings. The van der Waals surface area contributed by atoms with Gasteiger partial charge in [0.25, 0.3) is 0 Å². The first-order valence-corrected chi connectivity index (χ1v) is 3.95. The van der Waals surface area contributed by atoms with Crippen LogP contribution < -0.4 is 5.32 Å². The van der Waals surface area contributed by atoms with Gasteiger partial charge in [-0.3, -0.25) is 0 Å². The Morgan fingerprint density at radius 1 is 1.55 bits per heavy atom. The molecule has 1 spiro atoms. The van der Waals surface area contributed by atoms with E-state index in [9.17, 15) is 4.79 Å². The lowest BCUT2D eigenvalue weighted by atomic mass is 10.2. The molecule has 0 aromatic carbocycles. The molecule has 1 aliphatic carbocycles. The van der Waals surface area contributed by atoms with E-state index in [1.807, 2.05) is 0 Å². The van der Waals surface area contributed by atoms with Crippen LogP contribution in [0.1, 0.15) is 12.8 Å². The lowest BCUT2D eigenvalue weighted by Crippen LogP contribution is -2.53. The molecule has 2 N–H and O–H groups in total. The van der Waals surface area contributed by atoms with Crippen molar-refractivity contribution < 1.29 is 9.90 Å². The predicted molar refractivity (Wildman–Crippen MR) is 39.6 cm³/mol. The summed E-state index contributed by atoms with van der Waals surface area (Å²) in [5, 5.41) is 12.0. The minimum Gasteiger partial charge on any atom is -0.465 e. The Morgan fingerprint density at radius 2 is 2.27 bits per heavy atom. The fourth-order valence-corrected chi connectivity index (χ4v) is 1.61. The average Bonchev–Trinajstić information content (AvgIpc) is 2.69. The van der Waals surface area contributed by atoms with Gasteiger partial charge in [-0.2, -0.15) is 0 Å². The van der Waals surface area contributed by atoms with Crippen molar-refractivity contribution in [1.29, 1.82) is 0 Å². The molecule has 1 amide bonds. The molecule has 0 unspecified atom stereocenters. The fraction of sp³-hybridized carbons (Fsp3) is 0.857. The van der Waals surface area contributed by atoms with Gasteiger partial charge in [-0.05, 0) is 12.8 Å². The van der Waals surface area contributed by atoms with E-state index >= 15 is 0 Å². The molecular weight excluding hydrogens is 144 g/mol. The molecule has 62 valence electrons. The summed E-state index contributed by atoms with van der Waals surface area (Å²) in [5.41, 5.74) is 0.177. The summed E-state index contributed by atoms with van der Waals surface area (Å²) >= 11 is 0. The highest BCUT2D eigenvalue weighted by molar-refractivity contribution is 5.65. The van der Waals surface area contributed by atoms with Crippen LogP contribution in [0.5, 0.6) is 0 Å². The highest BCUT2D eigenvalue weighted by atomic mass is 16.4. The number of nitrogens with one attached hydrogen (secondary N) is 1. The normalized spacial score (nSPS) is 27.1. The maximum atomic E-state index is 10.6. The van der Waals surface area contributed by atoms with Gasteiger partial charge in [0.05, 0.1) is 0 Å². The van der Waals surface area contributed by atoms with Crippen LogP contribution in [0.15, 0.2) is 0 Å². The molecule has 4 nitrogen and oxygen atoms in total. The van der Waals surface area contributed by atoms with E-state index in [-0.39, 0.29) is 5.54 Å². The Hall–Kier alpha value is -0.770. The Balaban J connectivity index is 1.98. The maximum absolute atomic E-state index is 10.6. The van der Waals surface area contributed by atoms with Gasteiger partial charge < -0.3 is 15.3 Å². The zero-order valence-electron chi connectivity index (χ0n) is 6.34. The molecule has 0 radical (unpaired) electrons. The second kappa shape index (κ2) is 2.11. The lowest BCUT2D eigenvalue weighted by molar-refractivity contribution is 0.125. The quantitative estimate of drug-likeness (QED) is 0.523. The zero-order chi connectivity index (χ0) is 7.90. The van der Waals surface area contributed by atoms with Crippen LogP contribution in [0, 0.1) is 0 Å². The number of rotatable bonds is 0. The van der Waals surface area contributed by atoms with Crippen molar-refractivity contribution in [2.45, 2.75) is 18.4 Å². The molecule has 11 heavy (non-hydrogen) atoms. The van der Waals surface area contributed by atoms with E-state index in [2.05, 4.69) is 5.32 Å². The standard InChI is InChI=1S/C7H12N2O2/c10-6(11)9-4-3-8-7(5-9)1-2-7/h8H,1-5H2,(H,10,11). The summed E-state index contributed by atoms with van der Waals surface area (Å²) in [4.78, 5) is 12.1. The van der Waals surface area contributed by atoms with Crippen LogP contribution >= 0.6 is 0 Å². The fourth-order valence-electron chi connectivity index (χ4n) is 1.61. The van der Waals surface area contributed by atoms with E-state index in [0.717, 1.165) is 19.4 Å². The van der Waals surface area contributed by atoms with Crippen molar-refractivity contribution in [2.75, 3.05) is 19.6 Å². The maximum Gasteiger partial charge on any atom is 0.407 e. The van der Waals surface area contributed by atoms with E-state index < -0.39 is 6.09 Å². The summed E-state index contributed by atoms with van der Waals surface area (Å²) in [6.07, 6.45) is 1.49. The van der Waals surface area contributed by atoms with Gasteiger partial charge >= 0.3 is 6.09 Å². The van der Waals surface area contributed by atoms with Crippen LogP contribution in [0.25, 0.3) is 0 Å². The summed E-state index contributed by atoms with van der Waals surface area (Å²) in [5.74, 6) is 0. The third kappa shape index (κ3) is 1.18. The molecule has 2 aliphatic rings. The summed E-state index contributed by atoms with van der Waals surface area (Å²) in [6.45, 7) is 2.13. The second-order valence-corrected chi connectivity index (χ2v) is 3.41. The Labute approximate surface area is 65.2 Å². The SMILES string of the molecule is O=C(O)N1CCNC2(CC2)C1. The molecule has 1 saturated heterocycles. The van der Waals surface area contributed by atoms with Crippen LogP contribution in [-0.2, 0) is 0 Å². The van der Waals surface area contributed by atoms with Gasteiger partial charge in [0.2, 0.25) is 0 Å². The molecule has 2 fully saturated rings. The minimum absolute atomic E-state index is 0.177. The molecule has 0 bridgehead atoms. The number of amides is 1. The van der Waals surface area contributed by atoms with Crippen molar-refractivity contribution in [3.05, 3.63) is 0 Å². The van der Waals surface area contributed by atoms with Crippen LogP contribution in [0.4, 0.5) is 4.79 Å². The molecule has 1 saturated carbocycles. The van der Waals surface area contributed by atoms with E-state index in [1.165, 1.54) is 4.90 Å². The number of hydrogen-bond donors (Lipinski definition) is 2. The van der Waals surface area contributed by atoms with Crippen molar-refractivity contribution in [3.63, 3.8) is 0 Å². The molecule has 1 aliphatic heterocycles.